The Morgan fingerprint density at radius 3 is 1.18 bits per heavy atom. The zero-order valence-corrected chi connectivity index (χ0v) is 21.5. The Morgan fingerprint density at radius 2 is 0.842 bits per heavy atom. The zero-order valence-electron chi connectivity index (χ0n) is 21.5. The lowest BCUT2D eigenvalue weighted by Crippen LogP contribution is -2.22. The van der Waals surface area contributed by atoms with E-state index in [-0.39, 0.29) is 11.8 Å². The lowest BCUT2D eigenvalue weighted by atomic mass is 10.0. The SMILES string of the molecule is Cc1ccc(C(=O)N/N=C(/CC/C(=N/NC(=O)c2ccc(C)cc2)c2ccccc2)c2ccccc2)cc1. The van der Waals surface area contributed by atoms with Gasteiger partial charge in [-0.2, -0.15) is 10.2 Å². The third kappa shape index (κ3) is 7.34. The normalized spacial score (nSPS) is 11.6. The predicted octanol–water partition coefficient (Wildman–Crippen LogP) is 6.05. The fourth-order valence-electron chi connectivity index (χ4n) is 3.80. The first-order valence-electron chi connectivity index (χ1n) is 12.5. The van der Waals surface area contributed by atoms with Crippen LogP contribution < -0.4 is 10.9 Å². The van der Waals surface area contributed by atoms with Crippen molar-refractivity contribution in [2.24, 2.45) is 10.2 Å². The van der Waals surface area contributed by atoms with Gasteiger partial charge in [-0.15, -0.1) is 0 Å². The van der Waals surface area contributed by atoms with Crippen LogP contribution in [0.4, 0.5) is 0 Å². The van der Waals surface area contributed by atoms with Crippen LogP contribution >= 0.6 is 0 Å². The molecule has 0 aliphatic rings. The van der Waals surface area contributed by atoms with Gasteiger partial charge in [0.05, 0.1) is 11.4 Å². The van der Waals surface area contributed by atoms with Gasteiger partial charge >= 0.3 is 0 Å². The lowest BCUT2D eigenvalue weighted by molar-refractivity contribution is 0.0946. The van der Waals surface area contributed by atoms with Gasteiger partial charge in [-0.25, -0.2) is 10.9 Å². The van der Waals surface area contributed by atoms with E-state index in [0.717, 1.165) is 22.3 Å². The number of carbonyl (C=O) groups excluding carboxylic acids is 2. The third-order valence-electron chi connectivity index (χ3n) is 6.02. The average Bonchev–Trinajstić information content (AvgIpc) is 2.96. The van der Waals surface area contributed by atoms with Crippen molar-refractivity contribution in [1.29, 1.82) is 0 Å². The number of hydrazone groups is 2. The van der Waals surface area contributed by atoms with Crippen LogP contribution in [0.2, 0.25) is 0 Å². The number of hydrogen-bond donors (Lipinski definition) is 2. The molecule has 0 atom stereocenters. The summed E-state index contributed by atoms with van der Waals surface area (Å²) in [6.45, 7) is 3.95. The van der Waals surface area contributed by atoms with E-state index < -0.39 is 0 Å². The summed E-state index contributed by atoms with van der Waals surface area (Å²) in [7, 11) is 0. The van der Waals surface area contributed by atoms with E-state index in [0.29, 0.717) is 35.4 Å². The zero-order chi connectivity index (χ0) is 26.7. The number of rotatable bonds is 9. The minimum Gasteiger partial charge on any atom is -0.267 e. The van der Waals surface area contributed by atoms with Crippen molar-refractivity contribution in [3.05, 3.63) is 143 Å². The molecule has 0 saturated carbocycles. The van der Waals surface area contributed by atoms with Crippen LogP contribution in [0.5, 0.6) is 0 Å². The van der Waals surface area contributed by atoms with Crippen LogP contribution in [0.3, 0.4) is 0 Å². The second-order valence-corrected chi connectivity index (χ2v) is 8.96. The molecule has 6 nitrogen and oxygen atoms in total. The number of benzene rings is 4. The fraction of sp³-hybridized carbons (Fsp3) is 0.125. The van der Waals surface area contributed by atoms with Crippen molar-refractivity contribution in [3.8, 4) is 0 Å². The van der Waals surface area contributed by atoms with E-state index in [9.17, 15) is 9.59 Å². The Balaban J connectivity index is 1.54. The van der Waals surface area contributed by atoms with Gasteiger partial charge in [0.2, 0.25) is 0 Å². The van der Waals surface area contributed by atoms with Crippen LogP contribution in [0, 0.1) is 13.8 Å². The van der Waals surface area contributed by atoms with Crippen molar-refractivity contribution in [3.63, 3.8) is 0 Å². The number of nitrogens with zero attached hydrogens (tertiary/aromatic N) is 2. The highest BCUT2D eigenvalue weighted by Crippen LogP contribution is 2.12. The Labute approximate surface area is 223 Å². The molecule has 6 heteroatoms. The fourth-order valence-corrected chi connectivity index (χ4v) is 3.80. The first-order valence-corrected chi connectivity index (χ1v) is 12.5. The number of nitrogens with one attached hydrogen (secondary N) is 2. The molecule has 0 radical (unpaired) electrons. The molecule has 0 unspecified atom stereocenters. The summed E-state index contributed by atoms with van der Waals surface area (Å²) >= 11 is 0. The van der Waals surface area contributed by atoms with E-state index in [4.69, 9.17) is 0 Å². The van der Waals surface area contributed by atoms with Crippen molar-refractivity contribution in [2.45, 2.75) is 26.7 Å². The maximum atomic E-state index is 12.7. The summed E-state index contributed by atoms with van der Waals surface area (Å²) in [6, 6.07) is 34.1. The van der Waals surface area contributed by atoms with Gasteiger partial charge in [-0.1, -0.05) is 96.1 Å². The second kappa shape index (κ2) is 12.9. The van der Waals surface area contributed by atoms with Crippen LogP contribution in [-0.2, 0) is 0 Å². The van der Waals surface area contributed by atoms with Gasteiger partial charge in [0, 0.05) is 11.1 Å². The predicted molar refractivity (Wildman–Crippen MR) is 152 cm³/mol. The molecule has 0 heterocycles. The molecule has 0 aromatic heterocycles. The molecular weight excluding hydrogens is 472 g/mol. The molecular formula is C32H30N4O2. The highest BCUT2D eigenvalue weighted by molar-refractivity contribution is 6.07. The second-order valence-electron chi connectivity index (χ2n) is 8.96. The maximum Gasteiger partial charge on any atom is 0.271 e. The molecule has 4 aromatic rings. The van der Waals surface area contributed by atoms with Gasteiger partial charge in [0.15, 0.2) is 0 Å². The van der Waals surface area contributed by atoms with Gasteiger partial charge in [-0.3, -0.25) is 9.59 Å². The molecule has 0 spiro atoms. The first kappa shape index (κ1) is 26.2. The van der Waals surface area contributed by atoms with Crippen LogP contribution in [-0.4, -0.2) is 23.2 Å². The van der Waals surface area contributed by atoms with Gasteiger partial charge in [0.25, 0.3) is 11.8 Å². The molecule has 38 heavy (non-hydrogen) atoms. The summed E-state index contributed by atoms with van der Waals surface area (Å²) in [6.07, 6.45) is 0.985. The van der Waals surface area contributed by atoms with E-state index in [1.165, 1.54) is 0 Å². The smallest absolute Gasteiger partial charge is 0.267 e. The van der Waals surface area contributed by atoms with Gasteiger partial charge < -0.3 is 0 Å². The van der Waals surface area contributed by atoms with E-state index in [2.05, 4.69) is 21.1 Å². The quantitative estimate of drug-likeness (QED) is 0.216. The molecule has 2 N–H and O–H groups in total. The van der Waals surface area contributed by atoms with Crippen molar-refractivity contribution in [2.75, 3.05) is 0 Å². The van der Waals surface area contributed by atoms with Crippen molar-refractivity contribution in [1.82, 2.24) is 10.9 Å². The minimum atomic E-state index is -0.277. The topological polar surface area (TPSA) is 82.9 Å². The Hall–Kier alpha value is -4.84. The number of amides is 2. The van der Waals surface area contributed by atoms with Gasteiger partial charge in [-0.05, 0) is 62.1 Å². The van der Waals surface area contributed by atoms with E-state index in [1.807, 2.05) is 98.8 Å². The maximum absolute atomic E-state index is 12.7. The van der Waals surface area contributed by atoms with E-state index in [1.54, 1.807) is 24.3 Å². The van der Waals surface area contributed by atoms with Crippen LogP contribution in [0.15, 0.2) is 119 Å². The minimum absolute atomic E-state index is 0.277. The molecule has 190 valence electrons. The number of hydrogen-bond acceptors (Lipinski definition) is 4. The summed E-state index contributed by atoms with van der Waals surface area (Å²) in [4.78, 5) is 25.4. The molecule has 0 aliphatic heterocycles. The molecule has 0 fully saturated rings. The summed E-state index contributed by atoms with van der Waals surface area (Å²) in [5, 5.41) is 8.97. The van der Waals surface area contributed by atoms with Gasteiger partial charge in [0.1, 0.15) is 0 Å². The number of aryl methyl sites for hydroxylation is 2. The molecule has 4 rings (SSSR count). The first-order chi connectivity index (χ1) is 18.5. The standard InChI is InChI=1S/C32H30N4O2/c1-23-13-17-27(18-14-23)31(37)35-33-29(25-9-5-3-6-10-25)21-22-30(26-11-7-4-8-12-26)34-36-32(38)28-19-15-24(2)16-20-28/h3-20H,21-22H2,1-2H3,(H,35,37)(H,36,38)/b33-29-,34-30-. The highest BCUT2D eigenvalue weighted by Gasteiger charge is 2.12. The molecule has 0 bridgehead atoms. The highest BCUT2D eigenvalue weighted by atomic mass is 16.2. The van der Waals surface area contributed by atoms with Crippen LogP contribution in [0.1, 0.15) is 55.8 Å². The Kier molecular flexibility index (Phi) is 8.92. The monoisotopic (exact) mass is 502 g/mol. The molecule has 0 aliphatic carbocycles. The largest absolute Gasteiger partial charge is 0.271 e. The lowest BCUT2D eigenvalue weighted by Gasteiger charge is -2.11. The third-order valence-corrected chi connectivity index (χ3v) is 6.02. The average molecular weight is 503 g/mol. The van der Waals surface area contributed by atoms with Crippen molar-refractivity contribution < 1.29 is 9.59 Å². The van der Waals surface area contributed by atoms with E-state index >= 15 is 0 Å². The molecule has 0 saturated heterocycles. The molecule has 2 amide bonds. The Morgan fingerprint density at radius 1 is 0.500 bits per heavy atom. The molecule has 4 aromatic carbocycles. The summed E-state index contributed by atoms with van der Waals surface area (Å²) in [5.74, 6) is -0.554. The summed E-state index contributed by atoms with van der Waals surface area (Å²) < 4.78 is 0. The van der Waals surface area contributed by atoms with Crippen molar-refractivity contribution >= 4 is 23.2 Å². The summed E-state index contributed by atoms with van der Waals surface area (Å²) in [5.41, 5.74) is 11.8. The number of carbonyl (C=O) groups is 2. The van der Waals surface area contributed by atoms with Crippen LogP contribution in [0.25, 0.3) is 0 Å². The Bertz CT molecular complexity index is 1310.